The first-order valence-electron chi connectivity index (χ1n) is 10.2. The molecule has 2 aromatic carbocycles. The fourth-order valence-electron chi connectivity index (χ4n) is 3.11. The maximum absolute atomic E-state index is 12.9. The van der Waals surface area contributed by atoms with Gasteiger partial charge in [0.1, 0.15) is 23.6 Å². The van der Waals surface area contributed by atoms with Crippen molar-refractivity contribution in [1.82, 2.24) is 19.9 Å². The van der Waals surface area contributed by atoms with Crippen molar-refractivity contribution in [2.45, 2.75) is 0 Å². The molecule has 0 saturated carbocycles. The Hall–Kier alpha value is -3.76. The van der Waals surface area contributed by atoms with E-state index in [0.717, 1.165) is 16.8 Å². The number of carbonyl (C=O) groups excluding carboxylic acids is 1. The quantitative estimate of drug-likeness (QED) is 0.407. The summed E-state index contributed by atoms with van der Waals surface area (Å²) in [5.41, 5.74) is 8.49. The van der Waals surface area contributed by atoms with Crippen LogP contribution in [0.4, 0.5) is 11.6 Å². The summed E-state index contributed by atoms with van der Waals surface area (Å²) in [4.78, 5) is 27.8. The molecular formula is C23H24N6O3S. The number of nitrogens with zero attached hydrogens (tertiary/aromatic N) is 4. The topological polar surface area (TPSA) is 115 Å². The number of thiazole rings is 1. The number of amides is 1. The van der Waals surface area contributed by atoms with Crippen LogP contribution in [0.15, 0.2) is 48.7 Å². The molecule has 0 aliphatic carbocycles. The molecule has 0 saturated heterocycles. The number of carbonyl (C=O) groups is 1. The Balaban J connectivity index is 1.69. The Bertz CT molecular complexity index is 1290. The molecule has 9 nitrogen and oxygen atoms in total. The van der Waals surface area contributed by atoms with Crippen molar-refractivity contribution in [3.05, 3.63) is 53.7 Å². The van der Waals surface area contributed by atoms with Crippen LogP contribution in [0.2, 0.25) is 0 Å². The minimum Gasteiger partial charge on any atom is -0.497 e. The molecule has 0 radical (unpaired) electrons. The van der Waals surface area contributed by atoms with Gasteiger partial charge in [-0.1, -0.05) is 6.07 Å². The van der Waals surface area contributed by atoms with Crippen molar-refractivity contribution in [3.8, 4) is 22.8 Å². The fourth-order valence-corrected chi connectivity index (χ4v) is 4.03. The molecule has 170 valence electrons. The van der Waals surface area contributed by atoms with Crippen molar-refractivity contribution >= 4 is 39.1 Å². The van der Waals surface area contributed by atoms with Gasteiger partial charge < -0.3 is 25.4 Å². The molecule has 3 N–H and O–H groups in total. The fraction of sp³-hybridized carbons (Fsp3) is 0.217. The van der Waals surface area contributed by atoms with Gasteiger partial charge in [0, 0.05) is 30.1 Å². The molecular weight excluding hydrogens is 440 g/mol. The lowest BCUT2D eigenvalue weighted by Gasteiger charge is -2.12. The minimum atomic E-state index is -0.309. The highest BCUT2D eigenvalue weighted by molar-refractivity contribution is 7.20. The summed E-state index contributed by atoms with van der Waals surface area (Å²) in [5, 5.41) is 3.19. The second-order valence-electron chi connectivity index (χ2n) is 7.48. The van der Waals surface area contributed by atoms with Crippen LogP contribution in [0, 0.1) is 0 Å². The van der Waals surface area contributed by atoms with Gasteiger partial charge in [-0.25, -0.2) is 15.0 Å². The van der Waals surface area contributed by atoms with Gasteiger partial charge >= 0.3 is 0 Å². The van der Waals surface area contributed by atoms with Gasteiger partial charge in [0.2, 0.25) is 5.95 Å². The van der Waals surface area contributed by atoms with E-state index in [1.165, 1.54) is 11.3 Å². The molecule has 0 aliphatic rings. The molecule has 0 unspecified atom stereocenters. The zero-order valence-corrected chi connectivity index (χ0v) is 19.3. The van der Waals surface area contributed by atoms with Crippen LogP contribution < -0.4 is 20.5 Å². The number of aromatic nitrogens is 3. The molecule has 2 heterocycles. The number of likely N-dealkylation sites (N-methyl/N-ethyl adjacent to an activating group) is 1. The van der Waals surface area contributed by atoms with Crippen LogP contribution in [0.25, 0.3) is 21.5 Å². The number of nitrogens with one attached hydrogen (secondary N) is 1. The number of ether oxygens (including phenoxy) is 2. The first-order valence-corrected chi connectivity index (χ1v) is 11.0. The summed E-state index contributed by atoms with van der Waals surface area (Å²) in [6.07, 6.45) is 1.61. The number of nitrogen functional groups attached to an aromatic ring is 1. The first kappa shape index (κ1) is 22.4. The summed E-state index contributed by atoms with van der Waals surface area (Å²) >= 11 is 1.28. The van der Waals surface area contributed by atoms with E-state index in [1.807, 2.05) is 43.3 Å². The van der Waals surface area contributed by atoms with Gasteiger partial charge in [-0.15, -0.1) is 11.3 Å². The maximum atomic E-state index is 12.9. The smallest absolute Gasteiger partial charge is 0.284 e. The molecule has 4 aromatic rings. The van der Waals surface area contributed by atoms with Gasteiger partial charge in [0.25, 0.3) is 5.91 Å². The Morgan fingerprint density at radius 3 is 2.79 bits per heavy atom. The van der Waals surface area contributed by atoms with E-state index in [0.29, 0.717) is 40.0 Å². The van der Waals surface area contributed by atoms with E-state index in [2.05, 4.69) is 20.3 Å². The SMILES string of the molecule is COc1cccc(NC(=O)c2nc3c(OCCN(C)C)cc(-c4ccnc(N)n4)cc3s2)c1. The third kappa shape index (κ3) is 5.36. The number of methoxy groups -OCH3 is 1. The average molecular weight is 465 g/mol. The second-order valence-corrected chi connectivity index (χ2v) is 8.51. The monoisotopic (exact) mass is 464 g/mol. The van der Waals surface area contributed by atoms with Gasteiger partial charge in [0.05, 0.1) is 17.5 Å². The van der Waals surface area contributed by atoms with Crippen LogP contribution >= 0.6 is 11.3 Å². The Morgan fingerprint density at radius 2 is 2.03 bits per heavy atom. The van der Waals surface area contributed by atoms with Crippen LogP contribution in [0.1, 0.15) is 9.80 Å². The normalized spacial score (nSPS) is 11.0. The maximum Gasteiger partial charge on any atom is 0.284 e. The van der Waals surface area contributed by atoms with Crippen molar-refractivity contribution in [1.29, 1.82) is 0 Å². The molecule has 0 spiro atoms. The largest absolute Gasteiger partial charge is 0.497 e. The van der Waals surface area contributed by atoms with Gasteiger partial charge in [0.15, 0.2) is 5.01 Å². The van der Waals surface area contributed by atoms with Gasteiger partial charge in [-0.3, -0.25) is 4.79 Å². The molecule has 1 amide bonds. The van der Waals surface area contributed by atoms with E-state index in [4.69, 9.17) is 15.2 Å². The van der Waals surface area contributed by atoms with E-state index in [-0.39, 0.29) is 11.9 Å². The minimum absolute atomic E-state index is 0.185. The van der Waals surface area contributed by atoms with Crippen molar-refractivity contribution in [2.75, 3.05) is 45.4 Å². The summed E-state index contributed by atoms with van der Waals surface area (Å²) < 4.78 is 12.1. The third-order valence-corrected chi connectivity index (χ3v) is 5.75. The lowest BCUT2D eigenvalue weighted by molar-refractivity contribution is 0.102. The molecule has 33 heavy (non-hydrogen) atoms. The Morgan fingerprint density at radius 1 is 1.18 bits per heavy atom. The number of rotatable bonds is 8. The average Bonchev–Trinajstić information content (AvgIpc) is 3.24. The lowest BCUT2D eigenvalue weighted by Crippen LogP contribution is -2.19. The molecule has 4 rings (SSSR count). The predicted molar refractivity (Wildman–Crippen MR) is 130 cm³/mol. The van der Waals surface area contributed by atoms with Crippen LogP contribution in [0.5, 0.6) is 11.5 Å². The lowest BCUT2D eigenvalue weighted by atomic mass is 10.1. The number of nitrogens with two attached hydrogens (primary N) is 1. The van der Waals surface area contributed by atoms with Crippen molar-refractivity contribution < 1.29 is 14.3 Å². The van der Waals surface area contributed by atoms with Crippen molar-refractivity contribution in [3.63, 3.8) is 0 Å². The zero-order valence-electron chi connectivity index (χ0n) is 18.5. The number of anilines is 2. The summed E-state index contributed by atoms with van der Waals surface area (Å²) in [6, 6.07) is 12.7. The number of fused-ring (bicyclic) bond motifs is 1. The molecule has 2 aromatic heterocycles. The van der Waals surface area contributed by atoms with Crippen LogP contribution in [0.3, 0.4) is 0 Å². The highest BCUT2D eigenvalue weighted by atomic mass is 32.1. The first-order chi connectivity index (χ1) is 15.9. The number of benzene rings is 2. The van der Waals surface area contributed by atoms with Crippen LogP contribution in [-0.4, -0.2) is 60.1 Å². The molecule has 0 atom stereocenters. The summed E-state index contributed by atoms with van der Waals surface area (Å²) in [6.45, 7) is 1.21. The highest BCUT2D eigenvalue weighted by Crippen LogP contribution is 2.35. The summed E-state index contributed by atoms with van der Waals surface area (Å²) in [7, 11) is 5.53. The predicted octanol–water partition coefficient (Wildman–Crippen LogP) is 3.54. The molecule has 10 heteroatoms. The second kappa shape index (κ2) is 9.80. The standard InChI is InChI=1S/C23H24N6O3S/c1-29(2)9-10-32-18-11-14(17-7-8-25-23(24)27-17)12-19-20(18)28-22(33-19)21(30)26-15-5-4-6-16(13-15)31-3/h4-8,11-13H,9-10H2,1-3H3,(H,26,30)(H2,24,25,27). The Labute approximate surface area is 195 Å². The molecule has 0 aliphatic heterocycles. The van der Waals surface area contributed by atoms with Crippen molar-refractivity contribution in [2.24, 2.45) is 0 Å². The van der Waals surface area contributed by atoms with Gasteiger partial charge in [-0.05, 0) is 44.4 Å². The number of hydrogen-bond donors (Lipinski definition) is 2. The Kier molecular flexibility index (Phi) is 6.66. The highest BCUT2D eigenvalue weighted by Gasteiger charge is 2.18. The molecule has 0 fully saturated rings. The van der Waals surface area contributed by atoms with Crippen LogP contribution in [-0.2, 0) is 0 Å². The van der Waals surface area contributed by atoms with E-state index in [9.17, 15) is 4.79 Å². The third-order valence-electron chi connectivity index (χ3n) is 4.75. The van der Waals surface area contributed by atoms with E-state index < -0.39 is 0 Å². The molecule has 0 bridgehead atoms. The summed E-state index contributed by atoms with van der Waals surface area (Å²) in [5.74, 6) is 1.11. The van der Waals surface area contributed by atoms with Gasteiger partial charge in [-0.2, -0.15) is 0 Å². The van der Waals surface area contributed by atoms with E-state index >= 15 is 0 Å². The zero-order chi connectivity index (χ0) is 23.4. The van der Waals surface area contributed by atoms with E-state index in [1.54, 1.807) is 31.5 Å². The number of hydrogen-bond acceptors (Lipinski definition) is 9.